The summed E-state index contributed by atoms with van der Waals surface area (Å²) >= 11 is 0. The molecule has 25 heavy (non-hydrogen) atoms. The maximum absolute atomic E-state index is 12.6. The summed E-state index contributed by atoms with van der Waals surface area (Å²) in [6.07, 6.45) is 0.710. The molecule has 1 aliphatic rings. The second kappa shape index (κ2) is 7.38. The van der Waals surface area contributed by atoms with E-state index in [1.807, 2.05) is 26.8 Å². The van der Waals surface area contributed by atoms with Crippen molar-refractivity contribution in [2.75, 3.05) is 13.1 Å². The Balaban J connectivity index is 2.21. The summed E-state index contributed by atoms with van der Waals surface area (Å²) in [6.45, 7) is 7.41. The van der Waals surface area contributed by atoms with Crippen LogP contribution in [0.15, 0.2) is 42.4 Å². The zero-order valence-corrected chi connectivity index (χ0v) is 14.9. The van der Waals surface area contributed by atoms with Gasteiger partial charge in [-0.25, -0.2) is 4.79 Å². The highest BCUT2D eigenvalue weighted by Crippen LogP contribution is 2.17. The highest BCUT2D eigenvalue weighted by atomic mass is 16.6. The first-order valence-electron chi connectivity index (χ1n) is 8.03. The van der Waals surface area contributed by atoms with Crippen molar-refractivity contribution >= 4 is 17.9 Å². The van der Waals surface area contributed by atoms with E-state index in [-0.39, 0.29) is 24.2 Å². The Kier molecular flexibility index (Phi) is 5.46. The third-order valence-corrected chi connectivity index (χ3v) is 3.43. The number of nitrogens with one attached hydrogen (secondary N) is 1. The van der Waals surface area contributed by atoms with Gasteiger partial charge in [0, 0.05) is 31.1 Å². The lowest BCUT2D eigenvalue weighted by molar-refractivity contribution is -0.129. The molecule has 1 N–H and O–H groups in total. The Morgan fingerprint density at radius 1 is 1.08 bits per heavy atom. The van der Waals surface area contributed by atoms with Gasteiger partial charge in [-0.15, -0.1) is 0 Å². The molecule has 1 aliphatic heterocycles. The second-order valence-corrected chi connectivity index (χ2v) is 6.77. The van der Waals surface area contributed by atoms with Gasteiger partial charge in [0.25, 0.3) is 5.91 Å². The number of ether oxygens (including phenoxy) is 1. The molecule has 0 aromatic heterocycles. The minimum atomic E-state index is -0.681. The average Bonchev–Trinajstić information content (AvgIpc) is 2.52. The van der Waals surface area contributed by atoms with Crippen molar-refractivity contribution in [1.29, 1.82) is 0 Å². The predicted molar refractivity (Wildman–Crippen MR) is 92.3 cm³/mol. The van der Waals surface area contributed by atoms with Crippen molar-refractivity contribution in [1.82, 2.24) is 15.1 Å². The molecular formula is C18H23N3O4. The van der Waals surface area contributed by atoms with E-state index in [2.05, 4.69) is 5.32 Å². The van der Waals surface area contributed by atoms with Gasteiger partial charge >= 0.3 is 6.09 Å². The molecule has 0 saturated carbocycles. The third kappa shape index (κ3) is 5.07. The fourth-order valence-electron chi connectivity index (χ4n) is 2.31. The zero-order chi connectivity index (χ0) is 18.6. The van der Waals surface area contributed by atoms with Crippen LogP contribution < -0.4 is 5.32 Å². The van der Waals surface area contributed by atoms with E-state index in [9.17, 15) is 14.4 Å². The lowest BCUT2D eigenvalue weighted by atomic mass is 10.1. The average molecular weight is 345 g/mol. The van der Waals surface area contributed by atoms with E-state index in [1.165, 1.54) is 22.9 Å². The summed E-state index contributed by atoms with van der Waals surface area (Å²) in [7, 11) is 0. The Morgan fingerprint density at radius 3 is 2.28 bits per heavy atom. The number of hydrogen-bond acceptors (Lipinski definition) is 4. The Bertz CT molecular complexity index is 692. The van der Waals surface area contributed by atoms with E-state index in [4.69, 9.17) is 4.74 Å². The topological polar surface area (TPSA) is 79.0 Å². The van der Waals surface area contributed by atoms with Crippen LogP contribution in [0, 0.1) is 0 Å². The van der Waals surface area contributed by atoms with E-state index in [0.717, 1.165) is 0 Å². The van der Waals surface area contributed by atoms with E-state index < -0.39 is 11.6 Å². The molecule has 7 nitrogen and oxygen atoms in total. The van der Waals surface area contributed by atoms with Gasteiger partial charge in [-0.1, -0.05) is 18.2 Å². The minimum absolute atomic E-state index is 0.0322. The van der Waals surface area contributed by atoms with Crippen LogP contribution >= 0.6 is 0 Å². The van der Waals surface area contributed by atoms with Crippen LogP contribution in [0.1, 0.15) is 38.1 Å². The van der Waals surface area contributed by atoms with Gasteiger partial charge < -0.3 is 15.0 Å². The number of nitrogens with zero attached hydrogens (tertiary/aromatic N) is 2. The van der Waals surface area contributed by atoms with Crippen molar-refractivity contribution in [3.05, 3.63) is 48.0 Å². The highest BCUT2D eigenvalue weighted by Gasteiger charge is 2.28. The molecule has 134 valence electrons. The number of carbonyl (C=O) groups excluding carboxylic acids is 3. The summed E-state index contributed by atoms with van der Waals surface area (Å²) < 4.78 is 5.28. The third-order valence-electron chi connectivity index (χ3n) is 3.43. The van der Waals surface area contributed by atoms with E-state index >= 15 is 0 Å². The molecule has 0 fully saturated rings. The molecule has 2 rings (SSSR count). The van der Waals surface area contributed by atoms with Gasteiger partial charge in [0.15, 0.2) is 0 Å². The zero-order valence-electron chi connectivity index (χ0n) is 14.9. The van der Waals surface area contributed by atoms with Crippen LogP contribution in [-0.2, 0) is 9.53 Å². The summed E-state index contributed by atoms with van der Waals surface area (Å²) in [5.74, 6) is -0.451. The van der Waals surface area contributed by atoms with Crippen molar-refractivity contribution in [3.63, 3.8) is 0 Å². The molecule has 0 unspecified atom stereocenters. The SMILES string of the molecule is CC(=O)N1CCN(C(=O)c2ccccc2)C=C1OC(=O)NC(C)(C)C. The lowest BCUT2D eigenvalue weighted by Crippen LogP contribution is -2.46. The van der Waals surface area contributed by atoms with Gasteiger partial charge in [-0.2, -0.15) is 0 Å². The van der Waals surface area contributed by atoms with Crippen molar-refractivity contribution in [3.8, 4) is 0 Å². The molecule has 1 aromatic rings. The number of hydrogen-bond donors (Lipinski definition) is 1. The van der Waals surface area contributed by atoms with Crippen molar-refractivity contribution in [2.45, 2.75) is 33.2 Å². The molecule has 3 amide bonds. The maximum atomic E-state index is 12.6. The number of benzene rings is 1. The van der Waals surface area contributed by atoms with Crippen LogP contribution in [0.4, 0.5) is 4.79 Å². The smallest absolute Gasteiger partial charge is 0.391 e. The molecule has 1 aromatic carbocycles. The minimum Gasteiger partial charge on any atom is -0.391 e. The van der Waals surface area contributed by atoms with Crippen molar-refractivity contribution in [2.24, 2.45) is 0 Å². The lowest BCUT2D eigenvalue weighted by Gasteiger charge is -2.32. The number of rotatable bonds is 2. The Labute approximate surface area is 147 Å². The predicted octanol–water partition coefficient (Wildman–Crippen LogP) is 2.31. The summed E-state index contributed by atoms with van der Waals surface area (Å²) in [5.41, 5.74) is 0.0425. The van der Waals surface area contributed by atoms with Gasteiger partial charge in [0.2, 0.25) is 11.8 Å². The largest absolute Gasteiger partial charge is 0.414 e. The van der Waals surface area contributed by atoms with Crippen LogP contribution in [0.5, 0.6) is 0 Å². The normalized spacial score (nSPS) is 14.6. The monoisotopic (exact) mass is 345 g/mol. The van der Waals surface area contributed by atoms with Crippen LogP contribution in [0.3, 0.4) is 0 Å². The molecular weight excluding hydrogens is 322 g/mol. The molecule has 0 saturated heterocycles. The number of alkyl carbamates (subject to hydrolysis) is 1. The summed E-state index contributed by atoms with van der Waals surface area (Å²) in [4.78, 5) is 39.1. The summed E-state index contributed by atoms with van der Waals surface area (Å²) in [6, 6.07) is 8.79. The van der Waals surface area contributed by atoms with Gasteiger partial charge in [-0.3, -0.25) is 14.5 Å². The molecule has 7 heteroatoms. The Morgan fingerprint density at radius 2 is 1.72 bits per heavy atom. The fourth-order valence-corrected chi connectivity index (χ4v) is 2.31. The molecule has 1 heterocycles. The first-order valence-corrected chi connectivity index (χ1v) is 8.03. The maximum Gasteiger partial charge on any atom is 0.414 e. The molecule has 0 radical (unpaired) electrons. The van der Waals surface area contributed by atoms with Gasteiger partial charge in [0.05, 0.1) is 6.20 Å². The first kappa shape index (κ1) is 18.5. The van der Waals surface area contributed by atoms with Crippen LogP contribution in [0.25, 0.3) is 0 Å². The van der Waals surface area contributed by atoms with E-state index in [0.29, 0.717) is 12.1 Å². The highest BCUT2D eigenvalue weighted by molar-refractivity contribution is 5.95. The first-order chi connectivity index (χ1) is 11.7. The van der Waals surface area contributed by atoms with Crippen molar-refractivity contribution < 1.29 is 19.1 Å². The van der Waals surface area contributed by atoms with Gasteiger partial charge in [-0.05, 0) is 32.9 Å². The molecule has 0 bridgehead atoms. The van der Waals surface area contributed by atoms with E-state index in [1.54, 1.807) is 24.3 Å². The second-order valence-electron chi connectivity index (χ2n) is 6.77. The fraction of sp³-hybridized carbons (Fsp3) is 0.389. The van der Waals surface area contributed by atoms with Crippen LogP contribution in [-0.4, -0.2) is 46.3 Å². The standard InChI is InChI=1S/C18H23N3O4/c1-13(22)21-11-10-20(16(23)14-8-6-5-7-9-14)12-15(21)25-17(24)19-18(2,3)4/h5-9,12H,10-11H2,1-4H3,(H,19,24). The van der Waals surface area contributed by atoms with Crippen LogP contribution in [0.2, 0.25) is 0 Å². The number of amides is 3. The van der Waals surface area contributed by atoms with Gasteiger partial charge in [0.1, 0.15) is 0 Å². The molecule has 0 atom stereocenters. The Hall–Kier alpha value is -2.83. The summed E-state index contributed by atoms with van der Waals surface area (Å²) in [5, 5.41) is 2.66. The molecule has 0 aliphatic carbocycles. The number of carbonyl (C=O) groups is 3. The molecule has 0 spiro atoms. The quantitative estimate of drug-likeness (QED) is 0.892.